The number of thioether (sulfide) groups is 1. The molecule has 1 aromatic carbocycles. The fraction of sp³-hybridized carbons (Fsp3) is 0.455. The van der Waals surface area contributed by atoms with Crippen LogP contribution in [0.4, 0.5) is 0 Å². The first-order valence-electron chi connectivity index (χ1n) is 4.92. The molecule has 0 aromatic heterocycles. The molecule has 0 saturated carbocycles. The van der Waals surface area contributed by atoms with E-state index in [4.69, 9.17) is 10.5 Å². The van der Waals surface area contributed by atoms with Gasteiger partial charge in [0.15, 0.2) is 0 Å². The fourth-order valence-electron chi connectivity index (χ4n) is 1.44. The molecule has 2 N–H and O–H groups in total. The Labute approximate surface area is 88.8 Å². The van der Waals surface area contributed by atoms with Crippen LogP contribution in [0.5, 0.6) is 0 Å². The molecule has 2 rings (SSSR count). The van der Waals surface area contributed by atoms with Crippen molar-refractivity contribution >= 4 is 11.8 Å². The van der Waals surface area contributed by atoms with Crippen LogP contribution in [0.1, 0.15) is 5.56 Å². The van der Waals surface area contributed by atoms with Gasteiger partial charge in [0.05, 0.1) is 18.5 Å². The van der Waals surface area contributed by atoms with E-state index in [0.717, 1.165) is 26.2 Å². The van der Waals surface area contributed by atoms with Crippen molar-refractivity contribution in [3.8, 4) is 0 Å². The van der Waals surface area contributed by atoms with Gasteiger partial charge in [0, 0.05) is 4.90 Å². The van der Waals surface area contributed by atoms with Crippen LogP contribution in [0.2, 0.25) is 0 Å². The van der Waals surface area contributed by atoms with Crippen LogP contribution in [-0.2, 0) is 11.2 Å². The highest BCUT2D eigenvalue weighted by molar-refractivity contribution is 8.00. The smallest absolute Gasteiger partial charge is 0.0611 e. The molecular weight excluding hydrogens is 194 g/mol. The normalized spacial score (nSPS) is 16.6. The predicted molar refractivity (Wildman–Crippen MR) is 59.7 cm³/mol. The van der Waals surface area contributed by atoms with Crippen LogP contribution in [-0.4, -0.2) is 25.0 Å². The van der Waals surface area contributed by atoms with Crippen molar-refractivity contribution in [1.29, 1.82) is 0 Å². The molecule has 1 saturated heterocycles. The average molecular weight is 209 g/mol. The van der Waals surface area contributed by atoms with E-state index < -0.39 is 0 Å². The van der Waals surface area contributed by atoms with E-state index in [2.05, 4.69) is 24.3 Å². The summed E-state index contributed by atoms with van der Waals surface area (Å²) in [6.45, 7) is 2.50. The second-order valence-electron chi connectivity index (χ2n) is 3.42. The van der Waals surface area contributed by atoms with Gasteiger partial charge in [-0.15, -0.1) is 11.8 Å². The minimum Gasteiger partial charge on any atom is -0.379 e. The van der Waals surface area contributed by atoms with Crippen molar-refractivity contribution in [3.63, 3.8) is 0 Å². The van der Waals surface area contributed by atoms with Crippen molar-refractivity contribution in [2.45, 2.75) is 16.6 Å². The molecule has 76 valence electrons. The lowest BCUT2D eigenvalue weighted by Gasteiger charge is -2.26. The molecule has 0 atom stereocenters. The molecule has 1 aromatic rings. The molecule has 0 aliphatic carbocycles. The summed E-state index contributed by atoms with van der Waals surface area (Å²) < 4.78 is 5.16. The quantitative estimate of drug-likeness (QED) is 0.819. The van der Waals surface area contributed by atoms with E-state index in [9.17, 15) is 0 Å². The predicted octanol–water partition coefficient (Wildman–Crippen LogP) is 1.68. The number of nitrogens with two attached hydrogens (primary N) is 1. The van der Waals surface area contributed by atoms with E-state index in [-0.39, 0.29) is 0 Å². The van der Waals surface area contributed by atoms with Gasteiger partial charge in [-0.1, -0.05) is 18.2 Å². The minimum atomic E-state index is 0.647. The highest BCUT2D eigenvalue weighted by Gasteiger charge is 2.20. The Kier molecular flexibility index (Phi) is 3.45. The Hall–Kier alpha value is -0.510. The highest BCUT2D eigenvalue weighted by Crippen LogP contribution is 2.30. The lowest BCUT2D eigenvalue weighted by molar-refractivity contribution is 0.0455. The molecule has 14 heavy (non-hydrogen) atoms. The maximum absolute atomic E-state index is 5.57. The molecule has 1 aliphatic heterocycles. The summed E-state index contributed by atoms with van der Waals surface area (Å²) in [5, 5.41) is 0.647. The van der Waals surface area contributed by atoms with Gasteiger partial charge in [-0.3, -0.25) is 0 Å². The van der Waals surface area contributed by atoms with E-state index in [0.29, 0.717) is 5.25 Å². The second kappa shape index (κ2) is 4.82. The lowest BCUT2D eigenvalue weighted by atomic mass is 10.1. The van der Waals surface area contributed by atoms with Gasteiger partial charge in [-0.25, -0.2) is 0 Å². The second-order valence-corrected chi connectivity index (χ2v) is 4.77. The van der Waals surface area contributed by atoms with Gasteiger partial charge in [0.25, 0.3) is 0 Å². The van der Waals surface area contributed by atoms with Gasteiger partial charge in [-0.05, 0) is 24.6 Å². The largest absolute Gasteiger partial charge is 0.379 e. The lowest BCUT2D eigenvalue weighted by Crippen LogP contribution is -2.30. The monoisotopic (exact) mass is 209 g/mol. The van der Waals surface area contributed by atoms with Crippen molar-refractivity contribution in [2.24, 2.45) is 5.73 Å². The summed E-state index contributed by atoms with van der Waals surface area (Å²) >= 11 is 1.92. The zero-order chi connectivity index (χ0) is 9.80. The molecular formula is C11H15NOS. The van der Waals surface area contributed by atoms with E-state index in [1.54, 1.807) is 0 Å². The van der Waals surface area contributed by atoms with Gasteiger partial charge >= 0.3 is 0 Å². The summed E-state index contributed by atoms with van der Waals surface area (Å²) in [6, 6.07) is 8.50. The molecule has 0 bridgehead atoms. The van der Waals surface area contributed by atoms with Crippen LogP contribution < -0.4 is 5.73 Å². The average Bonchev–Trinajstić information content (AvgIpc) is 2.14. The van der Waals surface area contributed by atoms with Gasteiger partial charge < -0.3 is 10.5 Å². The zero-order valence-corrected chi connectivity index (χ0v) is 8.93. The summed E-state index contributed by atoms with van der Waals surface area (Å²) in [7, 11) is 0. The summed E-state index contributed by atoms with van der Waals surface area (Å²) in [5.41, 5.74) is 6.94. The summed E-state index contributed by atoms with van der Waals surface area (Å²) in [6.07, 6.45) is 0.969. The first-order valence-corrected chi connectivity index (χ1v) is 5.80. The van der Waals surface area contributed by atoms with E-state index in [1.165, 1.54) is 10.5 Å². The number of hydrogen-bond acceptors (Lipinski definition) is 3. The minimum absolute atomic E-state index is 0.647. The van der Waals surface area contributed by atoms with E-state index >= 15 is 0 Å². The zero-order valence-electron chi connectivity index (χ0n) is 8.11. The standard InChI is InChI=1S/C11H15NOS/c12-6-5-9-3-1-2-4-11(9)14-10-7-13-8-10/h1-4,10H,5-8,12H2. The van der Waals surface area contributed by atoms with Crippen LogP contribution in [0, 0.1) is 0 Å². The SMILES string of the molecule is NCCc1ccccc1SC1COC1. The van der Waals surface area contributed by atoms with Crippen molar-refractivity contribution in [3.05, 3.63) is 29.8 Å². The molecule has 1 fully saturated rings. The molecule has 1 aliphatic rings. The fourth-order valence-corrected chi connectivity index (χ4v) is 2.61. The molecule has 0 amide bonds. The Bertz CT molecular complexity index is 299. The Balaban J connectivity index is 2.05. The number of ether oxygens (including phenoxy) is 1. The third-order valence-corrected chi connectivity index (χ3v) is 3.55. The van der Waals surface area contributed by atoms with Crippen LogP contribution in [0.3, 0.4) is 0 Å². The van der Waals surface area contributed by atoms with Crippen molar-refractivity contribution < 1.29 is 4.74 Å². The number of rotatable bonds is 4. The third-order valence-electron chi connectivity index (χ3n) is 2.29. The summed E-state index contributed by atoms with van der Waals surface area (Å²) in [5.74, 6) is 0. The third kappa shape index (κ3) is 2.29. The molecule has 0 unspecified atom stereocenters. The highest BCUT2D eigenvalue weighted by atomic mass is 32.2. The molecule has 0 radical (unpaired) electrons. The van der Waals surface area contributed by atoms with Crippen molar-refractivity contribution in [2.75, 3.05) is 19.8 Å². The van der Waals surface area contributed by atoms with Crippen LogP contribution >= 0.6 is 11.8 Å². The Morgan fingerprint density at radius 1 is 1.36 bits per heavy atom. The first-order chi connectivity index (χ1) is 6.90. The van der Waals surface area contributed by atoms with Gasteiger partial charge in [0.1, 0.15) is 0 Å². The Morgan fingerprint density at radius 3 is 2.79 bits per heavy atom. The molecule has 2 nitrogen and oxygen atoms in total. The maximum Gasteiger partial charge on any atom is 0.0611 e. The summed E-state index contributed by atoms with van der Waals surface area (Å²) in [4.78, 5) is 1.37. The number of benzene rings is 1. The maximum atomic E-state index is 5.57. The molecule has 3 heteroatoms. The topological polar surface area (TPSA) is 35.2 Å². The van der Waals surface area contributed by atoms with Gasteiger partial charge in [-0.2, -0.15) is 0 Å². The molecule has 0 spiro atoms. The number of hydrogen-bond donors (Lipinski definition) is 1. The van der Waals surface area contributed by atoms with Crippen LogP contribution in [0.15, 0.2) is 29.2 Å². The molecule has 1 heterocycles. The van der Waals surface area contributed by atoms with E-state index in [1.807, 2.05) is 11.8 Å². The van der Waals surface area contributed by atoms with Gasteiger partial charge in [0.2, 0.25) is 0 Å². The van der Waals surface area contributed by atoms with Crippen LogP contribution in [0.25, 0.3) is 0 Å². The van der Waals surface area contributed by atoms with Crippen molar-refractivity contribution in [1.82, 2.24) is 0 Å². The Morgan fingerprint density at radius 2 is 2.14 bits per heavy atom. The first kappa shape index (κ1) is 10.0.